The van der Waals surface area contributed by atoms with Crippen molar-refractivity contribution in [3.8, 4) is 23.0 Å². The SMILES string of the molecule is COc1cc(NC(=O)c2cccc(F)c2OC(=O)C(F)(F)F)ccc1-c1nnc(NCCCN2CCOCC2)o1. The molecule has 4 rings (SSSR count). The second kappa shape index (κ2) is 12.7. The van der Waals surface area contributed by atoms with Crippen molar-refractivity contribution in [1.29, 1.82) is 0 Å². The molecular formula is C25H25F4N5O6. The predicted octanol–water partition coefficient (Wildman–Crippen LogP) is 3.74. The highest BCUT2D eigenvalue weighted by atomic mass is 19.4. The van der Waals surface area contributed by atoms with E-state index in [0.29, 0.717) is 12.1 Å². The molecule has 0 saturated carbocycles. The summed E-state index contributed by atoms with van der Waals surface area (Å²) in [6.07, 6.45) is -4.52. The first-order valence-corrected chi connectivity index (χ1v) is 12.1. The summed E-state index contributed by atoms with van der Waals surface area (Å²) in [4.78, 5) is 26.3. The molecule has 1 fully saturated rings. The topological polar surface area (TPSA) is 128 Å². The van der Waals surface area contributed by atoms with Crippen molar-refractivity contribution >= 4 is 23.6 Å². The van der Waals surface area contributed by atoms with Crippen LogP contribution in [0.5, 0.6) is 11.5 Å². The summed E-state index contributed by atoms with van der Waals surface area (Å²) in [5, 5.41) is 13.5. The zero-order valence-corrected chi connectivity index (χ0v) is 21.2. The molecule has 2 N–H and O–H groups in total. The van der Waals surface area contributed by atoms with Crippen LogP contribution in [-0.2, 0) is 9.53 Å². The Balaban J connectivity index is 1.41. The van der Waals surface area contributed by atoms with Gasteiger partial charge in [-0.3, -0.25) is 9.69 Å². The van der Waals surface area contributed by atoms with Gasteiger partial charge in [-0.1, -0.05) is 11.2 Å². The Labute approximate surface area is 225 Å². The maximum Gasteiger partial charge on any atom is 0.491 e. The van der Waals surface area contributed by atoms with Crippen LogP contribution in [0.4, 0.5) is 29.3 Å². The van der Waals surface area contributed by atoms with Gasteiger partial charge in [-0.05, 0) is 37.2 Å². The number of rotatable bonds is 10. The number of halogens is 4. The number of nitrogens with zero attached hydrogens (tertiary/aromatic N) is 3. The molecule has 214 valence electrons. The van der Waals surface area contributed by atoms with Gasteiger partial charge in [-0.25, -0.2) is 9.18 Å². The van der Waals surface area contributed by atoms with Gasteiger partial charge in [-0.2, -0.15) is 13.2 Å². The van der Waals surface area contributed by atoms with E-state index >= 15 is 0 Å². The number of para-hydroxylation sites is 1. The lowest BCUT2D eigenvalue weighted by atomic mass is 10.1. The van der Waals surface area contributed by atoms with Crippen molar-refractivity contribution in [2.24, 2.45) is 0 Å². The minimum absolute atomic E-state index is 0.136. The maximum absolute atomic E-state index is 14.2. The highest BCUT2D eigenvalue weighted by Crippen LogP contribution is 2.33. The first-order chi connectivity index (χ1) is 19.2. The van der Waals surface area contributed by atoms with Gasteiger partial charge in [-0.15, -0.1) is 5.10 Å². The van der Waals surface area contributed by atoms with E-state index in [-0.39, 0.29) is 23.3 Å². The van der Waals surface area contributed by atoms with Crippen LogP contribution in [0.3, 0.4) is 0 Å². The summed E-state index contributed by atoms with van der Waals surface area (Å²) in [6, 6.07) is 7.41. The molecule has 3 aromatic rings. The zero-order chi connectivity index (χ0) is 28.7. The molecule has 0 unspecified atom stereocenters. The third-order valence-corrected chi connectivity index (χ3v) is 5.78. The van der Waals surface area contributed by atoms with E-state index in [0.717, 1.165) is 57.5 Å². The summed E-state index contributed by atoms with van der Waals surface area (Å²) in [5.41, 5.74) is -0.0780. The number of hydrogen-bond acceptors (Lipinski definition) is 10. The number of methoxy groups -OCH3 is 1. The number of aromatic nitrogens is 2. The summed E-state index contributed by atoms with van der Waals surface area (Å²) in [6.45, 7) is 4.77. The molecule has 11 nitrogen and oxygen atoms in total. The number of morpholine rings is 1. The van der Waals surface area contributed by atoms with Gasteiger partial charge in [0.05, 0.1) is 31.5 Å². The van der Waals surface area contributed by atoms with Gasteiger partial charge >= 0.3 is 18.2 Å². The van der Waals surface area contributed by atoms with E-state index < -0.39 is 35.2 Å². The number of carbonyl (C=O) groups excluding carboxylic acids is 2. The van der Waals surface area contributed by atoms with Crippen molar-refractivity contribution in [3.63, 3.8) is 0 Å². The number of esters is 1. The Morgan fingerprint density at radius 3 is 2.62 bits per heavy atom. The van der Waals surface area contributed by atoms with Crippen LogP contribution >= 0.6 is 0 Å². The fourth-order valence-corrected chi connectivity index (χ4v) is 3.81. The average molecular weight is 567 g/mol. The van der Waals surface area contributed by atoms with E-state index in [2.05, 4.69) is 30.5 Å². The largest absolute Gasteiger partial charge is 0.496 e. The van der Waals surface area contributed by atoms with Crippen molar-refractivity contribution in [3.05, 3.63) is 47.8 Å². The van der Waals surface area contributed by atoms with Crippen molar-refractivity contribution < 1.29 is 45.8 Å². The Morgan fingerprint density at radius 2 is 1.90 bits per heavy atom. The standard InChI is InChI=1S/C25H25F4N5O6/c1-37-19-14-15(31-21(35)17-4-2-5-18(26)20(17)39-23(36)25(27,28)29)6-7-16(19)22-32-33-24(40-22)30-8-3-9-34-10-12-38-13-11-34/h2,4-7,14H,3,8-13H2,1H3,(H,30,33)(H,31,35). The Hall–Kier alpha value is -4.24. The minimum Gasteiger partial charge on any atom is -0.496 e. The molecule has 0 bridgehead atoms. The highest BCUT2D eigenvalue weighted by Gasteiger charge is 2.42. The monoisotopic (exact) mass is 567 g/mol. The molecule has 40 heavy (non-hydrogen) atoms. The van der Waals surface area contributed by atoms with E-state index in [4.69, 9.17) is 13.9 Å². The molecule has 0 aliphatic carbocycles. The van der Waals surface area contributed by atoms with Gasteiger partial charge in [0.15, 0.2) is 11.6 Å². The molecular weight excluding hydrogens is 542 g/mol. The summed E-state index contributed by atoms with van der Waals surface area (Å²) in [7, 11) is 1.37. The first kappa shape index (κ1) is 28.8. The number of benzene rings is 2. The Bertz CT molecular complexity index is 1340. The van der Waals surface area contributed by atoms with Gasteiger partial charge in [0.25, 0.3) is 11.8 Å². The van der Waals surface area contributed by atoms with Gasteiger partial charge in [0, 0.05) is 31.4 Å². The molecule has 1 aromatic heterocycles. The van der Waals surface area contributed by atoms with Crippen molar-refractivity contribution in [2.75, 3.05) is 57.1 Å². The van der Waals surface area contributed by atoms with Gasteiger partial charge < -0.3 is 29.3 Å². The first-order valence-electron chi connectivity index (χ1n) is 12.1. The van der Waals surface area contributed by atoms with Crippen LogP contribution in [0.25, 0.3) is 11.5 Å². The fourth-order valence-electron chi connectivity index (χ4n) is 3.81. The summed E-state index contributed by atoms with van der Waals surface area (Å²) in [5.74, 6) is -5.80. The molecule has 2 heterocycles. The van der Waals surface area contributed by atoms with Crippen LogP contribution in [0.15, 0.2) is 40.8 Å². The van der Waals surface area contributed by atoms with Gasteiger partial charge in [0.1, 0.15) is 5.75 Å². The molecule has 0 spiro atoms. The lowest BCUT2D eigenvalue weighted by Gasteiger charge is -2.26. The van der Waals surface area contributed by atoms with E-state index in [1.54, 1.807) is 0 Å². The number of carbonyl (C=O) groups is 2. The highest BCUT2D eigenvalue weighted by molar-refractivity contribution is 6.07. The molecule has 0 atom stereocenters. The number of hydrogen-bond donors (Lipinski definition) is 2. The lowest BCUT2D eigenvalue weighted by molar-refractivity contribution is -0.189. The second-order valence-electron chi connectivity index (χ2n) is 8.52. The van der Waals surface area contributed by atoms with E-state index in [1.807, 2.05) is 0 Å². The zero-order valence-electron chi connectivity index (χ0n) is 21.2. The summed E-state index contributed by atoms with van der Waals surface area (Å²) < 4.78 is 72.5. The van der Waals surface area contributed by atoms with Crippen LogP contribution in [0.1, 0.15) is 16.8 Å². The molecule has 1 amide bonds. The third-order valence-electron chi connectivity index (χ3n) is 5.78. The number of anilines is 2. The number of nitrogens with one attached hydrogen (secondary N) is 2. The molecule has 0 radical (unpaired) electrons. The van der Waals surface area contributed by atoms with Crippen LogP contribution in [0, 0.1) is 5.82 Å². The van der Waals surface area contributed by atoms with Crippen LogP contribution in [-0.4, -0.2) is 79.7 Å². The minimum atomic E-state index is -5.38. The maximum atomic E-state index is 14.2. The normalized spacial score (nSPS) is 14.0. The number of alkyl halides is 3. The molecule has 2 aromatic carbocycles. The summed E-state index contributed by atoms with van der Waals surface area (Å²) >= 11 is 0. The van der Waals surface area contributed by atoms with Crippen molar-refractivity contribution in [2.45, 2.75) is 12.6 Å². The number of ether oxygens (including phenoxy) is 3. The van der Waals surface area contributed by atoms with Gasteiger partial charge in [0.2, 0.25) is 0 Å². The smallest absolute Gasteiger partial charge is 0.491 e. The quantitative estimate of drug-likeness (QED) is 0.162. The molecule has 1 aliphatic rings. The predicted molar refractivity (Wildman–Crippen MR) is 133 cm³/mol. The third kappa shape index (κ3) is 7.24. The Kier molecular flexibility index (Phi) is 9.16. The lowest BCUT2D eigenvalue weighted by Crippen LogP contribution is -2.37. The van der Waals surface area contributed by atoms with E-state index in [9.17, 15) is 27.2 Å². The second-order valence-corrected chi connectivity index (χ2v) is 8.52. The Morgan fingerprint density at radius 1 is 1.12 bits per heavy atom. The number of amides is 1. The average Bonchev–Trinajstić information content (AvgIpc) is 3.40. The molecule has 1 aliphatic heterocycles. The fraction of sp³-hybridized carbons (Fsp3) is 0.360. The van der Waals surface area contributed by atoms with Crippen LogP contribution in [0.2, 0.25) is 0 Å². The van der Waals surface area contributed by atoms with Crippen LogP contribution < -0.4 is 20.1 Å². The van der Waals surface area contributed by atoms with Crippen molar-refractivity contribution in [1.82, 2.24) is 15.1 Å². The van der Waals surface area contributed by atoms with E-state index in [1.165, 1.54) is 25.3 Å². The molecule has 15 heteroatoms. The molecule has 1 saturated heterocycles.